The van der Waals surface area contributed by atoms with E-state index in [1.165, 1.54) is 0 Å². The first kappa shape index (κ1) is 22.1. The summed E-state index contributed by atoms with van der Waals surface area (Å²) in [4.78, 5) is 14.5. The lowest BCUT2D eigenvalue weighted by molar-refractivity contribution is -0.130. The van der Waals surface area contributed by atoms with Gasteiger partial charge in [0.05, 0.1) is 31.5 Å². The molecule has 0 spiro atoms. The Morgan fingerprint density at radius 2 is 1.55 bits per heavy atom. The molecule has 168 valence electrons. The molecule has 0 bridgehead atoms. The van der Waals surface area contributed by atoms with Gasteiger partial charge in [-0.3, -0.25) is 4.79 Å². The first-order valence-corrected chi connectivity index (χ1v) is 10.8. The van der Waals surface area contributed by atoms with Crippen LogP contribution in [0.3, 0.4) is 0 Å². The monoisotopic (exact) mass is 441 g/mol. The third-order valence-electron chi connectivity index (χ3n) is 5.33. The summed E-state index contributed by atoms with van der Waals surface area (Å²) in [6, 6.07) is 27.4. The van der Waals surface area contributed by atoms with Crippen molar-refractivity contribution in [3.8, 4) is 28.4 Å². The first-order chi connectivity index (χ1) is 16.2. The number of methoxy groups -OCH3 is 1. The SMILES string of the molecule is COc1ccccc1OCCC(=O)N(C)Cc1cn(-c2ccccc2)nc1-c1ccccc1. The normalized spacial score (nSPS) is 10.6. The van der Waals surface area contributed by atoms with Crippen molar-refractivity contribution in [2.45, 2.75) is 13.0 Å². The van der Waals surface area contributed by atoms with Gasteiger partial charge in [-0.25, -0.2) is 4.68 Å². The van der Waals surface area contributed by atoms with Crippen molar-refractivity contribution < 1.29 is 14.3 Å². The summed E-state index contributed by atoms with van der Waals surface area (Å²) in [7, 11) is 3.40. The maximum absolute atomic E-state index is 12.8. The number of carbonyl (C=O) groups excluding carboxylic acids is 1. The molecule has 4 rings (SSSR count). The average molecular weight is 442 g/mol. The summed E-state index contributed by atoms with van der Waals surface area (Å²) >= 11 is 0. The zero-order chi connectivity index (χ0) is 23.0. The molecular weight excluding hydrogens is 414 g/mol. The van der Waals surface area contributed by atoms with Gasteiger partial charge in [-0.2, -0.15) is 5.10 Å². The predicted molar refractivity (Wildman–Crippen MR) is 129 cm³/mol. The van der Waals surface area contributed by atoms with Gasteiger partial charge in [-0.1, -0.05) is 60.7 Å². The van der Waals surface area contributed by atoms with Crippen LogP contribution in [-0.4, -0.2) is 41.4 Å². The topological polar surface area (TPSA) is 56.6 Å². The predicted octanol–water partition coefficient (Wildman–Crippen LogP) is 4.98. The second kappa shape index (κ2) is 10.5. The standard InChI is InChI=1S/C27H27N3O3/c1-29(26(31)17-18-33-25-16-10-9-15-24(25)32-2)19-22-20-30(23-13-7-4-8-14-23)28-27(22)21-11-5-3-6-12-21/h3-16,20H,17-19H2,1-2H3. The van der Waals surface area contributed by atoms with Crippen molar-refractivity contribution in [1.82, 2.24) is 14.7 Å². The number of hydrogen-bond donors (Lipinski definition) is 0. The minimum absolute atomic E-state index is 0.00336. The number of aromatic nitrogens is 2. The van der Waals surface area contributed by atoms with E-state index in [1.807, 2.05) is 95.8 Å². The summed E-state index contributed by atoms with van der Waals surface area (Å²) in [5.74, 6) is 1.28. The molecule has 0 saturated heterocycles. The Balaban J connectivity index is 1.46. The summed E-state index contributed by atoms with van der Waals surface area (Å²) in [5, 5.41) is 4.82. The van der Waals surface area contributed by atoms with E-state index in [4.69, 9.17) is 14.6 Å². The number of benzene rings is 3. The van der Waals surface area contributed by atoms with Crippen molar-refractivity contribution in [3.63, 3.8) is 0 Å². The van der Waals surface area contributed by atoms with Gasteiger partial charge in [0.25, 0.3) is 0 Å². The minimum atomic E-state index is -0.00336. The van der Waals surface area contributed by atoms with Crippen LogP contribution in [0.5, 0.6) is 11.5 Å². The average Bonchev–Trinajstić information content (AvgIpc) is 3.29. The van der Waals surface area contributed by atoms with E-state index in [2.05, 4.69) is 0 Å². The van der Waals surface area contributed by atoms with Gasteiger partial charge in [-0.05, 0) is 24.3 Å². The number of nitrogens with zero attached hydrogens (tertiary/aromatic N) is 3. The second-order valence-electron chi connectivity index (χ2n) is 7.65. The number of amides is 1. The molecule has 0 N–H and O–H groups in total. The van der Waals surface area contributed by atoms with Gasteiger partial charge in [-0.15, -0.1) is 0 Å². The quantitative estimate of drug-likeness (QED) is 0.368. The van der Waals surface area contributed by atoms with Crippen molar-refractivity contribution >= 4 is 5.91 Å². The Bertz CT molecular complexity index is 1190. The van der Waals surface area contributed by atoms with Crippen molar-refractivity contribution in [3.05, 3.63) is 96.7 Å². The van der Waals surface area contributed by atoms with Gasteiger partial charge in [0.15, 0.2) is 11.5 Å². The van der Waals surface area contributed by atoms with Crippen LogP contribution in [0.1, 0.15) is 12.0 Å². The van der Waals surface area contributed by atoms with Crippen LogP contribution >= 0.6 is 0 Å². The zero-order valence-corrected chi connectivity index (χ0v) is 18.8. The maximum Gasteiger partial charge on any atom is 0.226 e. The van der Waals surface area contributed by atoms with Gasteiger partial charge in [0, 0.05) is 30.9 Å². The Hall–Kier alpha value is -4.06. The van der Waals surface area contributed by atoms with Crippen LogP contribution in [0.2, 0.25) is 0 Å². The minimum Gasteiger partial charge on any atom is -0.493 e. The second-order valence-corrected chi connectivity index (χ2v) is 7.65. The van der Waals surface area contributed by atoms with Crippen LogP contribution in [0.15, 0.2) is 91.1 Å². The fourth-order valence-electron chi connectivity index (χ4n) is 3.60. The van der Waals surface area contributed by atoms with Crippen LogP contribution in [0, 0.1) is 0 Å². The Morgan fingerprint density at radius 3 is 2.24 bits per heavy atom. The number of rotatable bonds is 9. The van der Waals surface area contributed by atoms with E-state index in [-0.39, 0.29) is 18.9 Å². The Labute approximate surface area is 194 Å². The molecule has 1 heterocycles. The van der Waals surface area contributed by atoms with E-state index in [9.17, 15) is 4.79 Å². The van der Waals surface area contributed by atoms with Gasteiger partial charge in [0.2, 0.25) is 5.91 Å². The summed E-state index contributed by atoms with van der Waals surface area (Å²) in [5.41, 5.74) is 3.83. The highest BCUT2D eigenvalue weighted by Gasteiger charge is 2.17. The zero-order valence-electron chi connectivity index (χ0n) is 18.8. The molecule has 1 aromatic heterocycles. The highest BCUT2D eigenvalue weighted by molar-refractivity contribution is 5.76. The lowest BCUT2D eigenvalue weighted by atomic mass is 10.1. The Morgan fingerprint density at radius 1 is 0.909 bits per heavy atom. The highest BCUT2D eigenvalue weighted by Crippen LogP contribution is 2.26. The number of para-hydroxylation sites is 3. The smallest absolute Gasteiger partial charge is 0.226 e. The largest absolute Gasteiger partial charge is 0.493 e. The van der Waals surface area contributed by atoms with Gasteiger partial charge >= 0.3 is 0 Å². The molecule has 6 heteroatoms. The molecule has 0 atom stereocenters. The van der Waals surface area contributed by atoms with Crippen molar-refractivity contribution in [1.29, 1.82) is 0 Å². The van der Waals surface area contributed by atoms with Gasteiger partial charge in [0.1, 0.15) is 0 Å². The number of hydrogen-bond acceptors (Lipinski definition) is 4. The number of carbonyl (C=O) groups is 1. The van der Waals surface area contributed by atoms with Gasteiger partial charge < -0.3 is 14.4 Å². The highest BCUT2D eigenvalue weighted by atomic mass is 16.5. The van der Waals surface area contributed by atoms with E-state index in [1.54, 1.807) is 19.1 Å². The fourth-order valence-corrected chi connectivity index (χ4v) is 3.60. The maximum atomic E-state index is 12.8. The van der Waals surface area contributed by atoms with Crippen molar-refractivity contribution in [2.75, 3.05) is 20.8 Å². The molecular formula is C27H27N3O3. The van der Waals surface area contributed by atoms with E-state index in [0.29, 0.717) is 18.0 Å². The van der Waals surface area contributed by atoms with Crippen LogP contribution in [0.4, 0.5) is 0 Å². The summed E-state index contributed by atoms with van der Waals surface area (Å²) in [6.07, 6.45) is 2.26. The van der Waals surface area contributed by atoms with E-state index in [0.717, 1.165) is 22.5 Å². The molecule has 3 aromatic carbocycles. The molecule has 33 heavy (non-hydrogen) atoms. The Kier molecular flexibility index (Phi) is 7.05. The van der Waals surface area contributed by atoms with Crippen LogP contribution < -0.4 is 9.47 Å². The molecule has 4 aromatic rings. The van der Waals surface area contributed by atoms with Crippen molar-refractivity contribution in [2.24, 2.45) is 0 Å². The molecule has 6 nitrogen and oxygen atoms in total. The molecule has 0 fully saturated rings. The third-order valence-corrected chi connectivity index (χ3v) is 5.33. The molecule has 0 unspecified atom stereocenters. The summed E-state index contributed by atoms with van der Waals surface area (Å²) < 4.78 is 12.9. The molecule has 0 aliphatic rings. The first-order valence-electron chi connectivity index (χ1n) is 10.8. The molecule has 0 saturated carbocycles. The van der Waals surface area contributed by atoms with E-state index >= 15 is 0 Å². The molecule has 0 aliphatic heterocycles. The van der Waals surface area contributed by atoms with Crippen LogP contribution in [0.25, 0.3) is 16.9 Å². The molecule has 1 amide bonds. The lowest BCUT2D eigenvalue weighted by Crippen LogP contribution is -2.27. The fraction of sp³-hybridized carbons (Fsp3) is 0.185. The van der Waals surface area contributed by atoms with Crippen LogP contribution in [-0.2, 0) is 11.3 Å². The summed E-state index contributed by atoms with van der Waals surface area (Å²) in [6.45, 7) is 0.725. The van der Waals surface area contributed by atoms with E-state index < -0.39 is 0 Å². The number of ether oxygens (including phenoxy) is 2. The molecule has 0 radical (unpaired) electrons. The molecule has 0 aliphatic carbocycles. The lowest BCUT2D eigenvalue weighted by Gasteiger charge is -2.17. The third kappa shape index (κ3) is 5.41.